The highest BCUT2D eigenvalue weighted by molar-refractivity contribution is 7.18. The Kier molecular flexibility index (Phi) is 4.40. The maximum Gasteiger partial charge on any atom is 0.265 e. The van der Waals surface area contributed by atoms with Crippen molar-refractivity contribution in [3.8, 4) is 0 Å². The molecule has 1 unspecified atom stereocenters. The van der Waals surface area contributed by atoms with Crippen molar-refractivity contribution >= 4 is 34.1 Å². The largest absolute Gasteiger partial charge is 0.382 e. The number of nitrogens with one attached hydrogen (secondary N) is 2. The quantitative estimate of drug-likeness (QED) is 0.549. The Labute approximate surface area is 120 Å². The van der Waals surface area contributed by atoms with E-state index < -0.39 is 5.91 Å². The van der Waals surface area contributed by atoms with Gasteiger partial charge in [-0.25, -0.2) is 4.98 Å². The molecule has 1 aliphatic rings. The van der Waals surface area contributed by atoms with E-state index >= 15 is 0 Å². The minimum atomic E-state index is -0.390. The molecular weight excluding hydrogens is 280 g/mol. The molecule has 2 heterocycles. The Morgan fingerprint density at radius 2 is 2.30 bits per heavy atom. The van der Waals surface area contributed by atoms with Crippen molar-refractivity contribution in [3.63, 3.8) is 0 Å². The van der Waals surface area contributed by atoms with Gasteiger partial charge in [0.15, 0.2) is 5.13 Å². The summed E-state index contributed by atoms with van der Waals surface area (Å²) in [6.07, 6.45) is 0.900. The minimum Gasteiger partial charge on any atom is -0.382 e. The Bertz CT molecular complexity index is 517. The number of nitrogens with zero attached hydrogens (tertiary/aromatic N) is 2. The molecular formula is C11H18N6O2S. The summed E-state index contributed by atoms with van der Waals surface area (Å²) in [5, 5.41) is 5.62. The number of aromatic nitrogens is 1. The van der Waals surface area contributed by atoms with Crippen LogP contribution in [0.1, 0.15) is 16.1 Å². The number of nitrogen functional groups attached to an aromatic ring is 1. The molecule has 2 rings (SSSR count). The molecule has 1 aliphatic heterocycles. The number of carbonyl (C=O) groups is 2. The standard InChI is InChI=1S/C11H18N6O2S/c1-14-7(18)4-15-10(19)8-9(13)16-11(20-8)17-3-2-6(12)5-17/h6H,2-5,12-13H2,1H3,(H,14,18)(H,15,19). The highest BCUT2D eigenvalue weighted by atomic mass is 32.1. The summed E-state index contributed by atoms with van der Waals surface area (Å²) in [7, 11) is 1.50. The van der Waals surface area contributed by atoms with E-state index in [1.165, 1.54) is 18.4 Å². The summed E-state index contributed by atoms with van der Waals surface area (Å²) in [5.74, 6) is -0.481. The van der Waals surface area contributed by atoms with Gasteiger partial charge >= 0.3 is 0 Å². The summed E-state index contributed by atoms with van der Waals surface area (Å²) in [4.78, 5) is 29.6. The molecule has 110 valence electrons. The number of amides is 2. The van der Waals surface area contributed by atoms with Gasteiger partial charge in [-0.05, 0) is 6.42 Å². The van der Waals surface area contributed by atoms with Gasteiger partial charge < -0.3 is 27.0 Å². The highest BCUT2D eigenvalue weighted by Crippen LogP contribution is 2.29. The molecule has 20 heavy (non-hydrogen) atoms. The van der Waals surface area contributed by atoms with E-state index in [2.05, 4.69) is 15.6 Å². The van der Waals surface area contributed by atoms with E-state index in [9.17, 15) is 9.59 Å². The van der Waals surface area contributed by atoms with E-state index in [0.717, 1.165) is 13.0 Å². The fourth-order valence-electron chi connectivity index (χ4n) is 1.91. The molecule has 1 aromatic rings. The van der Waals surface area contributed by atoms with Crippen molar-refractivity contribution in [2.45, 2.75) is 12.5 Å². The third kappa shape index (κ3) is 3.17. The van der Waals surface area contributed by atoms with Crippen LogP contribution in [-0.4, -0.2) is 49.5 Å². The normalized spacial score (nSPS) is 18.1. The second-order valence-corrected chi connectivity index (χ2v) is 5.54. The summed E-state index contributed by atoms with van der Waals surface area (Å²) in [5.41, 5.74) is 11.6. The Morgan fingerprint density at radius 1 is 1.55 bits per heavy atom. The summed E-state index contributed by atoms with van der Waals surface area (Å²) in [6.45, 7) is 1.44. The Hall–Kier alpha value is -1.87. The van der Waals surface area contributed by atoms with E-state index in [1.807, 2.05) is 4.90 Å². The summed E-state index contributed by atoms with van der Waals surface area (Å²) in [6, 6.07) is 0.130. The van der Waals surface area contributed by atoms with Crippen LogP contribution in [-0.2, 0) is 4.79 Å². The van der Waals surface area contributed by atoms with E-state index in [0.29, 0.717) is 16.6 Å². The highest BCUT2D eigenvalue weighted by Gasteiger charge is 2.24. The van der Waals surface area contributed by atoms with Crippen LogP contribution < -0.4 is 27.0 Å². The van der Waals surface area contributed by atoms with Crippen LogP contribution in [0.5, 0.6) is 0 Å². The minimum absolute atomic E-state index is 0.0867. The van der Waals surface area contributed by atoms with Gasteiger partial charge in [-0.15, -0.1) is 0 Å². The van der Waals surface area contributed by atoms with Crippen LogP contribution in [0.3, 0.4) is 0 Å². The van der Waals surface area contributed by atoms with Gasteiger partial charge in [0.2, 0.25) is 5.91 Å². The molecule has 0 spiro atoms. The van der Waals surface area contributed by atoms with Gasteiger partial charge in [-0.3, -0.25) is 9.59 Å². The number of carbonyl (C=O) groups excluding carboxylic acids is 2. The average molecular weight is 298 g/mol. The van der Waals surface area contributed by atoms with Crippen molar-refractivity contribution in [2.24, 2.45) is 5.73 Å². The first-order chi connectivity index (χ1) is 9.51. The predicted molar refractivity (Wildman–Crippen MR) is 77.7 cm³/mol. The van der Waals surface area contributed by atoms with Crippen molar-refractivity contribution in [1.82, 2.24) is 15.6 Å². The molecule has 1 fully saturated rings. The Balaban J connectivity index is 2.03. The predicted octanol–water partition coefficient (Wildman–Crippen LogP) is -1.26. The molecule has 2 amide bonds. The molecule has 9 heteroatoms. The Morgan fingerprint density at radius 3 is 2.90 bits per heavy atom. The topological polar surface area (TPSA) is 126 Å². The van der Waals surface area contributed by atoms with Crippen molar-refractivity contribution in [3.05, 3.63) is 4.88 Å². The molecule has 0 aromatic carbocycles. The number of anilines is 2. The van der Waals surface area contributed by atoms with Crippen molar-refractivity contribution in [2.75, 3.05) is 37.3 Å². The number of likely N-dealkylation sites (N-methyl/N-ethyl adjacent to an activating group) is 1. The zero-order valence-corrected chi connectivity index (χ0v) is 12.0. The van der Waals surface area contributed by atoms with E-state index in [4.69, 9.17) is 11.5 Å². The number of rotatable bonds is 4. The van der Waals surface area contributed by atoms with Gasteiger partial charge in [0.25, 0.3) is 5.91 Å². The molecule has 1 aromatic heterocycles. The summed E-state index contributed by atoms with van der Waals surface area (Å²) < 4.78 is 0. The third-order valence-corrected chi connectivity index (χ3v) is 4.16. The first kappa shape index (κ1) is 14.5. The van der Waals surface area contributed by atoms with Crippen LogP contribution in [0.25, 0.3) is 0 Å². The van der Waals surface area contributed by atoms with Crippen LogP contribution in [0, 0.1) is 0 Å². The zero-order chi connectivity index (χ0) is 14.7. The fourth-order valence-corrected chi connectivity index (χ4v) is 2.84. The second-order valence-electron chi connectivity index (χ2n) is 4.56. The van der Waals surface area contributed by atoms with Gasteiger partial charge in [0.05, 0.1) is 6.54 Å². The van der Waals surface area contributed by atoms with Gasteiger partial charge in [-0.1, -0.05) is 11.3 Å². The maximum absolute atomic E-state index is 11.9. The first-order valence-electron chi connectivity index (χ1n) is 6.27. The fraction of sp³-hybridized carbons (Fsp3) is 0.545. The lowest BCUT2D eigenvalue weighted by atomic mass is 10.3. The lowest BCUT2D eigenvalue weighted by Gasteiger charge is -2.12. The van der Waals surface area contributed by atoms with Crippen LogP contribution in [0.4, 0.5) is 10.9 Å². The number of hydrogen-bond donors (Lipinski definition) is 4. The van der Waals surface area contributed by atoms with Crippen LogP contribution in [0.15, 0.2) is 0 Å². The van der Waals surface area contributed by atoms with E-state index in [-0.39, 0.29) is 24.3 Å². The van der Waals surface area contributed by atoms with Gasteiger partial charge in [0.1, 0.15) is 10.7 Å². The SMILES string of the molecule is CNC(=O)CNC(=O)c1sc(N2CCC(N)C2)nc1N. The maximum atomic E-state index is 11.9. The molecule has 0 aliphatic carbocycles. The molecule has 6 N–H and O–H groups in total. The van der Waals surface area contributed by atoms with E-state index in [1.54, 1.807) is 0 Å². The monoisotopic (exact) mass is 298 g/mol. The second kappa shape index (κ2) is 6.06. The summed E-state index contributed by atoms with van der Waals surface area (Å²) >= 11 is 1.22. The molecule has 0 saturated carbocycles. The molecule has 8 nitrogen and oxygen atoms in total. The van der Waals surface area contributed by atoms with Gasteiger partial charge in [0, 0.05) is 26.2 Å². The molecule has 0 radical (unpaired) electrons. The average Bonchev–Trinajstić information content (AvgIpc) is 3.01. The lowest BCUT2D eigenvalue weighted by Crippen LogP contribution is -2.35. The molecule has 1 saturated heterocycles. The number of hydrogen-bond acceptors (Lipinski definition) is 7. The van der Waals surface area contributed by atoms with Crippen molar-refractivity contribution in [1.29, 1.82) is 0 Å². The number of thiazole rings is 1. The van der Waals surface area contributed by atoms with Crippen LogP contribution in [0.2, 0.25) is 0 Å². The van der Waals surface area contributed by atoms with Crippen molar-refractivity contribution < 1.29 is 9.59 Å². The molecule has 0 bridgehead atoms. The zero-order valence-electron chi connectivity index (χ0n) is 11.2. The third-order valence-electron chi connectivity index (χ3n) is 3.03. The molecule has 1 atom stereocenters. The smallest absolute Gasteiger partial charge is 0.265 e. The number of nitrogens with two attached hydrogens (primary N) is 2. The van der Waals surface area contributed by atoms with Crippen LogP contribution >= 0.6 is 11.3 Å². The lowest BCUT2D eigenvalue weighted by molar-refractivity contribution is -0.119. The van der Waals surface area contributed by atoms with Gasteiger partial charge in [-0.2, -0.15) is 0 Å². The first-order valence-corrected chi connectivity index (χ1v) is 7.08.